The summed E-state index contributed by atoms with van der Waals surface area (Å²) in [6.45, 7) is 2.03. The Bertz CT molecular complexity index is 1040. The molecular weight excluding hydrogens is 347 g/mol. The number of aromatic nitrogens is 4. The number of nitrogens with one attached hydrogen (secondary N) is 1. The van der Waals surface area contributed by atoms with Crippen LogP contribution in [0, 0.1) is 12.7 Å². The van der Waals surface area contributed by atoms with Crippen LogP contribution in [0.1, 0.15) is 11.1 Å². The second-order valence-electron chi connectivity index (χ2n) is 5.45. The summed E-state index contributed by atoms with van der Waals surface area (Å²) in [6, 6.07) is 10.7. The first-order chi connectivity index (χ1) is 11.6. The van der Waals surface area contributed by atoms with E-state index in [1.165, 1.54) is 17.8 Å². The third-order valence-corrected chi connectivity index (χ3v) is 4.98. The fourth-order valence-electron chi connectivity index (χ4n) is 2.54. The van der Waals surface area contributed by atoms with E-state index in [9.17, 15) is 4.39 Å². The zero-order chi connectivity index (χ0) is 16.7. The van der Waals surface area contributed by atoms with Crippen molar-refractivity contribution < 1.29 is 4.39 Å². The summed E-state index contributed by atoms with van der Waals surface area (Å²) in [6.07, 6.45) is 0. The Labute approximate surface area is 146 Å². The molecule has 2 aromatic heterocycles. The summed E-state index contributed by atoms with van der Waals surface area (Å²) in [7, 11) is 0. The Morgan fingerprint density at radius 1 is 1.21 bits per heavy atom. The van der Waals surface area contributed by atoms with Gasteiger partial charge >= 0.3 is 0 Å². The predicted molar refractivity (Wildman–Crippen MR) is 94.9 cm³/mol. The summed E-state index contributed by atoms with van der Waals surface area (Å²) in [5, 5.41) is 10.3. The maximum atomic E-state index is 13.8. The van der Waals surface area contributed by atoms with E-state index >= 15 is 0 Å². The molecule has 0 fully saturated rings. The Morgan fingerprint density at radius 2 is 2.08 bits per heavy atom. The zero-order valence-corrected chi connectivity index (χ0v) is 14.2. The van der Waals surface area contributed by atoms with Crippen molar-refractivity contribution >= 4 is 45.4 Å². The van der Waals surface area contributed by atoms with Crippen molar-refractivity contribution in [3.8, 4) is 0 Å². The van der Waals surface area contributed by atoms with Crippen molar-refractivity contribution in [2.75, 3.05) is 0 Å². The first-order valence-corrected chi connectivity index (χ1v) is 8.66. The monoisotopic (exact) mass is 358 g/mol. The lowest BCUT2D eigenvalue weighted by atomic mass is 10.2. The van der Waals surface area contributed by atoms with Crippen LogP contribution in [0.5, 0.6) is 0 Å². The van der Waals surface area contributed by atoms with Crippen LogP contribution in [0.2, 0.25) is 5.02 Å². The number of thioether (sulfide) groups is 1. The van der Waals surface area contributed by atoms with E-state index in [0.29, 0.717) is 27.1 Å². The van der Waals surface area contributed by atoms with Gasteiger partial charge in [0.15, 0.2) is 5.65 Å². The topological polar surface area (TPSA) is 54.5 Å². The highest BCUT2D eigenvalue weighted by Crippen LogP contribution is 2.28. The smallest absolute Gasteiger partial charge is 0.211 e. The molecule has 0 saturated heterocycles. The number of hydrogen-bond acceptors (Lipinski definition) is 4. The van der Waals surface area contributed by atoms with Crippen molar-refractivity contribution in [1.29, 1.82) is 0 Å². The van der Waals surface area contributed by atoms with Crippen molar-refractivity contribution in [3.63, 3.8) is 0 Å². The van der Waals surface area contributed by atoms with Crippen LogP contribution in [-0.2, 0) is 5.75 Å². The molecule has 0 atom stereocenters. The number of rotatable bonds is 3. The largest absolute Gasteiger partial charge is 0.338 e. The molecule has 0 spiro atoms. The van der Waals surface area contributed by atoms with Gasteiger partial charge in [0.25, 0.3) is 0 Å². The minimum absolute atomic E-state index is 0.329. The van der Waals surface area contributed by atoms with E-state index in [0.717, 1.165) is 22.0 Å². The first-order valence-electron chi connectivity index (χ1n) is 7.30. The van der Waals surface area contributed by atoms with Crippen LogP contribution < -0.4 is 0 Å². The average molecular weight is 359 g/mol. The van der Waals surface area contributed by atoms with Gasteiger partial charge in [0.2, 0.25) is 5.16 Å². The summed E-state index contributed by atoms with van der Waals surface area (Å²) >= 11 is 7.34. The van der Waals surface area contributed by atoms with Gasteiger partial charge in [-0.05, 0) is 31.2 Å². The van der Waals surface area contributed by atoms with Crippen LogP contribution in [0.4, 0.5) is 4.39 Å². The molecule has 7 heteroatoms. The molecule has 4 aromatic rings. The van der Waals surface area contributed by atoms with Crippen molar-refractivity contribution in [1.82, 2.24) is 20.2 Å². The van der Waals surface area contributed by atoms with Gasteiger partial charge in [0.05, 0.1) is 0 Å². The van der Waals surface area contributed by atoms with E-state index in [4.69, 9.17) is 11.6 Å². The third kappa shape index (κ3) is 2.72. The van der Waals surface area contributed by atoms with Gasteiger partial charge in [-0.3, -0.25) is 0 Å². The molecule has 0 amide bonds. The van der Waals surface area contributed by atoms with E-state index < -0.39 is 0 Å². The number of hydrogen-bond donors (Lipinski definition) is 1. The quantitative estimate of drug-likeness (QED) is 0.529. The normalized spacial score (nSPS) is 11.5. The summed E-state index contributed by atoms with van der Waals surface area (Å²) in [5.74, 6) is 0.0167. The molecule has 2 heterocycles. The molecule has 0 bridgehead atoms. The summed E-state index contributed by atoms with van der Waals surface area (Å²) < 4.78 is 13.8. The predicted octanol–water partition coefficient (Wildman–Crippen LogP) is 4.90. The lowest BCUT2D eigenvalue weighted by molar-refractivity contribution is 0.617. The Hall–Kier alpha value is -2.18. The van der Waals surface area contributed by atoms with Crippen molar-refractivity contribution in [3.05, 3.63) is 58.4 Å². The van der Waals surface area contributed by atoms with Gasteiger partial charge in [0.1, 0.15) is 11.3 Å². The van der Waals surface area contributed by atoms with Gasteiger partial charge < -0.3 is 4.98 Å². The summed E-state index contributed by atoms with van der Waals surface area (Å²) in [4.78, 5) is 7.72. The number of H-pyrrole nitrogens is 1. The highest BCUT2D eigenvalue weighted by molar-refractivity contribution is 7.98. The molecule has 4 nitrogen and oxygen atoms in total. The van der Waals surface area contributed by atoms with Gasteiger partial charge in [-0.15, -0.1) is 10.2 Å². The molecule has 0 aliphatic rings. The number of aryl methyl sites for hydroxylation is 1. The van der Waals surface area contributed by atoms with Crippen LogP contribution >= 0.6 is 23.4 Å². The minimum Gasteiger partial charge on any atom is -0.338 e. The summed E-state index contributed by atoms with van der Waals surface area (Å²) in [5.41, 5.74) is 3.98. The van der Waals surface area contributed by atoms with Crippen LogP contribution in [0.3, 0.4) is 0 Å². The Morgan fingerprint density at radius 3 is 2.92 bits per heavy atom. The number of halogens is 2. The molecule has 120 valence electrons. The van der Waals surface area contributed by atoms with Gasteiger partial charge in [-0.25, -0.2) is 9.37 Å². The molecule has 0 saturated carbocycles. The molecular formula is C17H12ClFN4S. The molecule has 0 aliphatic heterocycles. The fourth-order valence-corrected chi connectivity index (χ4v) is 3.67. The van der Waals surface area contributed by atoms with Crippen LogP contribution in [0.25, 0.3) is 22.1 Å². The number of benzene rings is 2. The zero-order valence-electron chi connectivity index (χ0n) is 12.7. The standard InChI is InChI=1S/C17H12ClFN4S/c1-9-5-6-14-10(7-9)15-16(20-14)21-17(23-22-15)24-8-11-12(18)3-2-4-13(11)19/h2-7H,8H2,1H3,(H,20,21,23). The minimum atomic E-state index is -0.329. The molecule has 4 rings (SSSR count). The second-order valence-corrected chi connectivity index (χ2v) is 6.80. The highest BCUT2D eigenvalue weighted by Gasteiger charge is 2.12. The third-order valence-electron chi connectivity index (χ3n) is 3.76. The number of fused-ring (bicyclic) bond motifs is 3. The molecule has 0 radical (unpaired) electrons. The van der Waals surface area contributed by atoms with E-state index in [-0.39, 0.29) is 5.82 Å². The molecule has 2 aromatic carbocycles. The maximum absolute atomic E-state index is 13.8. The average Bonchev–Trinajstić information content (AvgIpc) is 2.91. The fraction of sp³-hybridized carbons (Fsp3) is 0.118. The van der Waals surface area contributed by atoms with E-state index in [1.807, 2.05) is 19.1 Å². The molecule has 0 aliphatic carbocycles. The Kier molecular flexibility index (Phi) is 3.86. The lowest BCUT2D eigenvalue weighted by Crippen LogP contribution is -1.94. The van der Waals surface area contributed by atoms with Crippen LogP contribution in [0.15, 0.2) is 41.6 Å². The van der Waals surface area contributed by atoms with E-state index in [2.05, 4.69) is 26.2 Å². The van der Waals surface area contributed by atoms with Crippen molar-refractivity contribution in [2.45, 2.75) is 17.8 Å². The number of nitrogens with zero attached hydrogens (tertiary/aromatic N) is 3. The van der Waals surface area contributed by atoms with Gasteiger partial charge in [-0.2, -0.15) is 0 Å². The first kappa shape index (κ1) is 15.4. The number of aromatic amines is 1. The van der Waals surface area contributed by atoms with Crippen LogP contribution in [-0.4, -0.2) is 20.2 Å². The highest BCUT2D eigenvalue weighted by atomic mass is 35.5. The van der Waals surface area contributed by atoms with Gasteiger partial charge in [0, 0.05) is 27.2 Å². The Balaban J connectivity index is 1.67. The van der Waals surface area contributed by atoms with E-state index in [1.54, 1.807) is 12.1 Å². The molecule has 24 heavy (non-hydrogen) atoms. The molecule has 1 N–H and O–H groups in total. The van der Waals surface area contributed by atoms with Crippen molar-refractivity contribution in [2.24, 2.45) is 0 Å². The van der Waals surface area contributed by atoms with Gasteiger partial charge in [-0.1, -0.05) is 41.1 Å². The maximum Gasteiger partial charge on any atom is 0.211 e. The molecule has 0 unspecified atom stereocenters. The SMILES string of the molecule is Cc1ccc2[nH]c3nc(SCc4c(F)cccc4Cl)nnc3c2c1. The second kappa shape index (κ2) is 6.03. The lowest BCUT2D eigenvalue weighted by Gasteiger charge is -2.04.